The van der Waals surface area contributed by atoms with E-state index in [0.717, 1.165) is 16.0 Å². The molecule has 2 aromatic heterocycles. The number of amides is 1. The topological polar surface area (TPSA) is 75.4 Å². The fraction of sp³-hybridized carbons (Fsp3) is 0.125. The van der Waals surface area contributed by atoms with Gasteiger partial charge in [0.15, 0.2) is 0 Å². The molecule has 22 heavy (non-hydrogen) atoms. The molecule has 0 atom stereocenters. The number of oxazole rings is 1. The highest BCUT2D eigenvalue weighted by atomic mass is 32.1. The summed E-state index contributed by atoms with van der Waals surface area (Å²) in [6.07, 6.45) is 3.35. The number of aromatic nitrogens is 1. The molecular formula is C16H14N2O3S. The van der Waals surface area contributed by atoms with Gasteiger partial charge in [0.1, 0.15) is 11.1 Å². The predicted molar refractivity (Wildman–Crippen MR) is 84.5 cm³/mol. The normalized spacial score (nSPS) is 10.6. The number of benzene rings is 1. The first-order chi connectivity index (χ1) is 10.8. The van der Waals surface area contributed by atoms with E-state index in [9.17, 15) is 4.79 Å². The molecule has 0 fully saturated rings. The van der Waals surface area contributed by atoms with Gasteiger partial charge in [-0.2, -0.15) is 0 Å². The van der Waals surface area contributed by atoms with E-state index in [2.05, 4.69) is 10.3 Å². The monoisotopic (exact) mass is 314 g/mol. The zero-order valence-electron chi connectivity index (χ0n) is 11.7. The second kappa shape index (κ2) is 6.55. The number of aliphatic hydroxyl groups excluding tert-OH is 1. The zero-order valence-corrected chi connectivity index (χ0v) is 12.5. The van der Waals surface area contributed by atoms with Gasteiger partial charge in [-0.05, 0) is 22.6 Å². The highest BCUT2D eigenvalue weighted by Crippen LogP contribution is 2.32. The first-order valence-corrected chi connectivity index (χ1v) is 7.60. The summed E-state index contributed by atoms with van der Waals surface area (Å²) in [7, 11) is 0. The molecule has 0 aliphatic rings. The van der Waals surface area contributed by atoms with Gasteiger partial charge in [-0.15, -0.1) is 11.3 Å². The number of nitrogens with one attached hydrogen (secondary N) is 1. The lowest BCUT2D eigenvalue weighted by atomic mass is 10.1. The number of carbonyl (C=O) groups excluding carboxylic acids is 1. The second-order valence-electron chi connectivity index (χ2n) is 4.70. The minimum absolute atomic E-state index is 0.000880. The van der Waals surface area contributed by atoms with Crippen LogP contribution in [0.15, 0.2) is 52.6 Å². The maximum atomic E-state index is 12.1. The van der Waals surface area contributed by atoms with E-state index in [0.29, 0.717) is 11.6 Å². The number of nitrogens with zero attached hydrogens (tertiary/aromatic N) is 1. The summed E-state index contributed by atoms with van der Waals surface area (Å²) in [4.78, 5) is 17.0. The number of hydrogen-bond acceptors (Lipinski definition) is 5. The maximum Gasteiger partial charge on any atom is 0.238 e. The van der Waals surface area contributed by atoms with Gasteiger partial charge in [0, 0.05) is 0 Å². The molecule has 0 spiro atoms. The largest absolute Gasteiger partial charge is 0.444 e. The number of aliphatic hydroxyl groups is 1. The lowest BCUT2D eigenvalue weighted by Crippen LogP contribution is -2.14. The Morgan fingerprint density at radius 2 is 2.00 bits per heavy atom. The molecule has 2 N–H and O–H groups in total. The summed E-state index contributed by atoms with van der Waals surface area (Å²) in [5, 5.41) is 13.8. The summed E-state index contributed by atoms with van der Waals surface area (Å²) < 4.78 is 5.27. The molecule has 0 bridgehead atoms. The van der Waals surface area contributed by atoms with Crippen LogP contribution in [0.2, 0.25) is 0 Å². The van der Waals surface area contributed by atoms with Crippen molar-refractivity contribution in [3.05, 3.63) is 59.3 Å². The molecule has 0 saturated heterocycles. The van der Waals surface area contributed by atoms with E-state index in [4.69, 9.17) is 9.52 Å². The van der Waals surface area contributed by atoms with Gasteiger partial charge in [0.05, 0.1) is 24.9 Å². The number of thiophene rings is 1. The van der Waals surface area contributed by atoms with Crippen molar-refractivity contribution in [1.29, 1.82) is 0 Å². The fourth-order valence-electron chi connectivity index (χ4n) is 2.05. The number of anilines is 1. The highest BCUT2D eigenvalue weighted by Gasteiger charge is 2.13. The van der Waals surface area contributed by atoms with Crippen molar-refractivity contribution in [1.82, 2.24) is 4.98 Å². The van der Waals surface area contributed by atoms with Gasteiger partial charge in [0.2, 0.25) is 11.8 Å². The van der Waals surface area contributed by atoms with Gasteiger partial charge < -0.3 is 14.8 Å². The standard InChI is InChI=1S/C16H14N2O3S/c19-10-12-3-1-11(2-4-12)9-14(20)18-13-5-8-22-15(13)16-17-6-7-21-16/h1-8,19H,9-10H2,(H,18,20). The molecular weight excluding hydrogens is 300 g/mol. The van der Waals surface area contributed by atoms with Gasteiger partial charge >= 0.3 is 0 Å². The zero-order chi connectivity index (χ0) is 15.4. The van der Waals surface area contributed by atoms with Crippen LogP contribution in [-0.4, -0.2) is 16.0 Å². The molecule has 0 radical (unpaired) electrons. The van der Waals surface area contributed by atoms with Crippen LogP contribution in [0.25, 0.3) is 10.8 Å². The molecule has 5 nitrogen and oxygen atoms in total. The fourth-order valence-corrected chi connectivity index (χ4v) is 2.84. The van der Waals surface area contributed by atoms with Crippen LogP contribution < -0.4 is 5.32 Å². The molecule has 0 saturated carbocycles. The average Bonchev–Trinajstić information content (AvgIpc) is 3.18. The van der Waals surface area contributed by atoms with Crippen LogP contribution >= 0.6 is 11.3 Å². The molecule has 1 aromatic carbocycles. The minimum Gasteiger partial charge on any atom is -0.444 e. The molecule has 0 aliphatic carbocycles. The predicted octanol–water partition coefficient (Wildman–Crippen LogP) is 3.08. The van der Waals surface area contributed by atoms with Crippen molar-refractivity contribution >= 4 is 22.9 Å². The molecule has 112 valence electrons. The average molecular weight is 314 g/mol. The van der Waals surface area contributed by atoms with Gasteiger partial charge in [-0.1, -0.05) is 24.3 Å². The summed E-state index contributed by atoms with van der Waals surface area (Å²) in [6, 6.07) is 9.13. The Hall–Kier alpha value is -2.44. The summed E-state index contributed by atoms with van der Waals surface area (Å²) in [6.45, 7) is 0.000880. The molecule has 0 unspecified atom stereocenters. The minimum atomic E-state index is -0.108. The lowest BCUT2D eigenvalue weighted by Gasteiger charge is -2.05. The molecule has 0 aliphatic heterocycles. The Bertz CT molecular complexity index is 748. The summed E-state index contributed by atoms with van der Waals surface area (Å²) in [5.74, 6) is 0.389. The number of carbonyl (C=O) groups is 1. The van der Waals surface area contributed by atoms with Crippen LogP contribution in [0, 0.1) is 0 Å². The third-order valence-corrected chi connectivity index (χ3v) is 4.04. The molecule has 3 rings (SSSR count). The van der Waals surface area contributed by atoms with E-state index in [1.807, 2.05) is 35.7 Å². The van der Waals surface area contributed by atoms with Gasteiger partial charge in [-0.25, -0.2) is 4.98 Å². The SMILES string of the molecule is O=C(Cc1ccc(CO)cc1)Nc1ccsc1-c1ncco1. The van der Waals surface area contributed by atoms with Crippen molar-refractivity contribution in [2.75, 3.05) is 5.32 Å². The van der Waals surface area contributed by atoms with Crippen LogP contribution in [-0.2, 0) is 17.8 Å². The van der Waals surface area contributed by atoms with Crippen molar-refractivity contribution in [3.8, 4) is 10.8 Å². The van der Waals surface area contributed by atoms with Crippen LogP contribution in [0.1, 0.15) is 11.1 Å². The molecule has 2 heterocycles. The van der Waals surface area contributed by atoms with E-state index < -0.39 is 0 Å². The summed E-state index contributed by atoms with van der Waals surface area (Å²) in [5.41, 5.74) is 2.42. The quantitative estimate of drug-likeness (QED) is 0.759. The Balaban J connectivity index is 1.68. The van der Waals surface area contributed by atoms with Crippen molar-refractivity contribution < 1.29 is 14.3 Å². The van der Waals surface area contributed by atoms with E-state index >= 15 is 0 Å². The third kappa shape index (κ3) is 3.24. The van der Waals surface area contributed by atoms with Crippen LogP contribution in [0.5, 0.6) is 0 Å². The Labute approximate surface area is 131 Å². The smallest absolute Gasteiger partial charge is 0.238 e. The number of rotatable bonds is 5. The van der Waals surface area contributed by atoms with Crippen LogP contribution in [0.4, 0.5) is 5.69 Å². The maximum absolute atomic E-state index is 12.1. The number of hydrogen-bond donors (Lipinski definition) is 2. The van der Waals surface area contributed by atoms with E-state index in [1.165, 1.54) is 17.6 Å². The van der Waals surface area contributed by atoms with Crippen LogP contribution in [0.3, 0.4) is 0 Å². The van der Waals surface area contributed by atoms with Gasteiger partial charge in [-0.3, -0.25) is 4.79 Å². The van der Waals surface area contributed by atoms with E-state index in [-0.39, 0.29) is 18.9 Å². The third-order valence-electron chi connectivity index (χ3n) is 3.14. The molecule has 6 heteroatoms. The lowest BCUT2D eigenvalue weighted by molar-refractivity contribution is -0.115. The Morgan fingerprint density at radius 1 is 1.23 bits per heavy atom. The highest BCUT2D eigenvalue weighted by molar-refractivity contribution is 7.14. The van der Waals surface area contributed by atoms with E-state index in [1.54, 1.807) is 6.20 Å². The Kier molecular flexibility index (Phi) is 4.32. The van der Waals surface area contributed by atoms with Crippen molar-refractivity contribution in [2.24, 2.45) is 0 Å². The van der Waals surface area contributed by atoms with Crippen molar-refractivity contribution in [2.45, 2.75) is 13.0 Å². The van der Waals surface area contributed by atoms with Crippen molar-refractivity contribution in [3.63, 3.8) is 0 Å². The van der Waals surface area contributed by atoms with Gasteiger partial charge in [0.25, 0.3) is 0 Å². The summed E-state index contributed by atoms with van der Waals surface area (Å²) >= 11 is 1.46. The second-order valence-corrected chi connectivity index (χ2v) is 5.62. The first kappa shape index (κ1) is 14.5. The first-order valence-electron chi connectivity index (χ1n) is 6.72. The molecule has 3 aromatic rings. The Morgan fingerprint density at radius 3 is 2.68 bits per heavy atom. The molecule has 1 amide bonds.